The van der Waals surface area contributed by atoms with E-state index in [1.54, 1.807) is 37.5 Å². The normalized spacial score (nSPS) is 10.5. The molecule has 1 aromatic heterocycles. The Morgan fingerprint density at radius 1 is 1.13 bits per heavy atom. The number of methoxy groups -OCH3 is 1. The second-order valence-electron chi connectivity index (χ2n) is 6.65. The summed E-state index contributed by atoms with van der Waals surface area (Å²) in [5.41, 5.74) is 1.37. The Bertz CT molecular complexity index is 1030. The number of nitrogens with zero attached hydrogens (tertiary/aromatic N) is 3. The quantitative estimate of drug-likeness (QED) is 0.278. The van der Waals surface area contributed by atoms with Crippen LogP contribution < -0.4 is 10.1 Å². The van der Waals surface area contributed by atoms with Crippen LogP contribution in [0.5, 0.6) is 5.75 Å². The summed E-state index contributed by atoms with van der Waals surface area (Å²) in [6.07, 6.45) is 2.46. The van der Waals surface area contributed by atoms with Gasteiger partial charge in [0.25, 0.3) is 0 Å². The van der Waals surface area contributed by atoms with Gasteiger partial charge >= 0.3 is 0 Å². The molecule has 160 valence electrons. The monoisotopic (exact) mass is 436 g/mol. The molecule has 0 unspecified atom stereocenters. The Labute approximate surface area is 185 Å². The second kappa shape index (κ2) is 11.1. The highest BCUT2D eigenvalue weighted by Gasteiger charge is 2.15. The maximum atomic E-state index is 12.5. The minimum atomic E-state index is -0.0942. The SMILES string of the molecule is C=CCn1c(CCC(=O)Nc2ccccc2)nnc1SCC(=O)c1ccc(OC)cc1. The number of aromatic nitrogens is 3. The Hall–Kier alpha value is -3.39. The number of allylic oxidation sites excluding steroid dienone is 1. The molecule has 3 rings (SSSR count). The Balaban J connectivity index is 1.59. The summed E-state index contributed by atoms with van der Waals surface area (Å²) in [4.78, 5) is 24.7. The van der Waals surface area contributed by atoms with Gasteiger partial charge in [0.15, 0.2) is 10.9 Å². The summed E-state index contributed by atoms with van der Waals surface area (Å²) in [6.45, 7) is 4.29. The predicted molar refractivity (Wildman–Crippen MR) is 122 cm³/mol. The van der Waals surface area contributed by atoms with Gasteiger partial charge in [-0.2, -0.15) is 0 Å². The third kappa shape index (κ3) is 6.29. The molecule has 0 spiro atoms. The molecule has 7 nitrogen and oxygen atoms in total. The van der Waals surface area contributed by atoms with Crippen molar-refractivity contribution in [2.45, 2.75) is 24.5 Å². The number of hydrogen-bond acceptors (Lipinski definition) is 6. The van der Waals surface area contributed by atoms with Crippen LogP contribution in [0.4, 0.5) is 5.69 Å². The van der Waals surface area contributed by atoms with Crippen molar-refractivity contribution in [1.29, 1.82) is 0 Å². The molecule has 1 heterocycles. The summed E-state index contributed by atoms with van der Waals surface area (Å²) >= 11 is 1.32. The zero-order valence-electron chi connectivity index (χ0n) is 17.3. The summed E-state index contributed by atoms with van der Waals surface area (Å²) in [6, 6.07) is 16.3. The van der Waals surface area contributed by atoms with E-state index in [0.29, 0.717) is 35.3 Å². The maximum Gasteiger partial charge on any atom is 0.224 e. The minimum absolute atomic E-state index is 0.00963. The number of rotatable bonds is 11. The van der Waals surface area contributed by atoms with Crippen LogP contribution in [0, 0.1) is 0 Å². The Morgan fingerprint density at radius 2 is 1.87 bits per heavy atom. The minimum Gasteiger partial charge on any atom is -0.497 e. The first-order valence-corrected chi connectivity index (χ1v) is 10.8. The molecular formula is C23H24N4O3S. The van der Waals surface area contributed by atoms with Crippen LogP contribution in [0.1, 0.15) is 22.6 Å². The molecule has 3 aromatic rings. The van der Waals surface area contributed by atoms with Gasteiger partial charge in [0.05, 0.1) is 12.9 Å². The average molecular weight is 437 g/mol. The van der Waals surface area contributed by atoms with Crippen molar-refractivity contribution in [3.05, 3.63) is 78.6 Å². The maximum absolute atomic E-state index is 12.5. The van der Waals surface area contributed by atoms with Gasteiger partial charge in [-0.15, -0.1) is 16.8 Å². The average Bonchev–Trinajstić information content (AvgIpc) is 3.18. The van der Waals surface area contributed by atoms with Gasteiger partial charge in [-0.3, -0.25) is 9.59 Å². The van der Waals surface area contributed by atoms with Crippen molar-refractivity contribution >= 4 is 29.1 Å². The molecule has 0 fully saturated rings. The van der Waals surface area contributed by atoms with E-state index in [2.05, 4.69) is 22.1 Å². The molecule has 1 N–H and O–H groups in total. The van der Waals surface area contributed by atoms with E-state index in [-0.39, 0.29) is 23.9 Å². The number of aryl methyl sites for hydroxylation is 1. The van der Waals surface area contributed by atoms with Crippen LogP contribution in [0.25, 0.3) is 0 Å². The van der Waals surface area contributed by atoms with Crippen LogP contribution in [0.3, 0.4) is 0 Å². The fourth-order valence-corrected chi connectivity index (χ4v) is 3.74. The van der Waals surface area contributed by atoms with E-state index < -0.39 is 0 Å². The van der Waals surface area contributed by atoms with Crippen molar-refractivity contribution in [3.8, 4) is 5.75 Å². The lowest BCUT2D eigenvalue weighted by Crippen LogP contribution is -2.14. The topological polar surface area (TPSA) is 86.1 Å². The Kier molecular flexibility index (Phi) is 8.00. The van der Waals surface area contributed by atoms with Gasteiger partial charge in [0.1, 0.15) is 11.6 Å². The molecule has 1 amide bonds. The Morgan fingerprint density at radius 3 is 2.55 bits per heavy atom. The smallest absolute Gasteiger partial charge is 0.224 e. The molecule has 0 atom stereocenters. The van der Waals surface area contributed by atoms with Gasteiger partial charge in [-0.25, -0.2) is 0 Å². The highest BCUT2D eigenvalue weighted by atomic mass is 32.2. The second-order valence-corrected chi connectivity index (χ2v) is 7.60. The van der Waals surface area contributed by atoms with Crippen LogP contribution in [0.2, 0.25) is 0 Å². The van der Waals surface area contributed by atoms with E-state index in [0.717, 1.165) is 5.69 Å². The standard InChI is InChI=1S/C23H24N4O3S/c1-3-15-27-21(13-14-22(29)24-18-7-5-4-6-8-18)25-26-23(27)31-16-20(28)17-9-11-19(30-2)12-10-17/h3-12H,1,13-16H2,2H3,(H,24,29). The van der Waals surface area contributed by atoms with Gasteiger partial charge < -0.3 is 14.6 Å². The van der Waals surface area contributed by atoms with Crippen LogP contribution in [0.15, 0.2) is 72.4 Å². The first-order chi connectivity index (χ1) is 15.1. The van der Waals surface area contributed by atoms with Crippen LogP contribution in [-0.4, -0.2) is 39.3 Å². The molecule has 0 saturated carbocycles. The number of carbonyl (C=O) groups excluding carboxylic acids is 2. The molecule has 0 aliphatic rings. The number of Topliss-reactive ketones (excluding diaryl/α,β-unsaturated/α-hetero) is 1. The van der Waals surface area contributed by atoms with E-state index in [4.69, 9.17) is 4.74 Å². The third-order valence-electron chi connectivity index (χ3n) is 4.48. The first-order valence-electron chi connectivity index (χ1n) is 9.78. The molecule has 0 bridgehead atoms. The summed E-state index contributed by atoms with van der Waals surface area (Å²) < 4.78 is 7.00. The van der Waals surface area contributed by atoms with E-state index in [1.807, 2.05) is 34.9 Å². The molecule has 0 aliphatic heterocycles. The van der Waals surface area contributed by atoms with Crippen LogP contribution in [-0.2, 0) is 17.8 Å². The number of carbonyl (C=O) groups is 2. The summed E-state index contributed by atoms with van der Waals surface area (Å²) in [7, 11) is 1.59. The van der Waals surface area contributed by atoms with E-state index in [9.17, 15) is 9.59 Å². The highest BCUT2D eigenvalue weighted by molar-refractivity contribution is 7.99. The molecule has 0 radical (unpaired) electrons. The lowest BCUT2D eigenvalue weighted by Gasteiger charge is -2.08. The van der Waals surface area contributed by atoms with Gasteiger partial charge in [-0.05, 0) is 36.4 Å². The molecular weight excluding hydrogens is 412 g/mol. The fourth-order valence-electron chi connectivity index (χ4n) is 2.88. The number of ketones is 1. The van der Waals surface area contributed by atoms with E-state index in [1.165, 1.54) is 11.8 Å². The van der Waals surface area contributed by atoms with Crippen LogP contribution >= 0.6 is 11.8 Å². The van der Waals surface area contributed by atoms with Crippen molar-refractivity contribution < 1.29 is 14.3 Å². The van der Waals surface area contributed by atoms with Gasteiger partial charge in [0, 0.05) is 30.6 Å². The lowest BCUT2D eigenvalue weighted by molar-refractivity contribution is -0.116. The van der Waals surface area contributed by atoms with Crippen molar-refractivity contribution in [3.63, 3.8) is 0 Å². The van der Waals surface area contributed by atoms with Crippen molar-refractivity contribution in [2.24, 2.45) is 0 Å². The molecule has 0 aliphatic carbocycles. The zero-order valence-corrected chi connectivity index (χ0v) is 18.1. The fraction of sp³-hybridized carbons (Fsp3) is 0.217. The van der Waals surface area contributed by atoms with Crippen molar-refractivity contribution in [1.82, 2.24) is 14.8 Å². The third-order valence-corrected chi connectivity index (χ3v) is 5.45. The summed E-state index contributed by atoms with van der Waals surface area (Å²) in [5.74, 6) is 1.52. The molecule has 31 heavy (non-hydrogen) atoms. The number of thioether (sulfide) groups is 1. The number of ether oxygens (including phenoxy) is 1. The molecule has 2 aromatic carbocycles. The zero-order chi connectivity index (χ0) is 22.1. The highest BCUT2D eigenvalue weighted by Crippen LogP contribution is 2.20. The molecule has 8 heteroatoms. The number of benzene rings is 2. The van der Waals surface area contributed by atoms with Gasteiger partial charge in [0.2, 0.25) is 5.91 Å². The van der Waals surface area contributed by atoms with E-state index >= 15 is 0 Å². The number of anilines is 1. The van der Waals surface area contributed by atoms with Crippen molar-refractivity contribution in [2.75, 3.05) is 18.2 Å². The molecule has 0 saturated heterocycles. The number of hydrogen-bond donors (Lipinski definition) is 1. The lowest BCUT2D eigenvalue weighted by atomic mass is 10.1. The largest absolute Gasteiger partial charge is 0.497 e. The number of amides is 1. The van der Waals surface area contributed by atoms with Gasteiger partial charge in [-0.1, -0.05) is 36.0 Å². The first kappa shape index (κ1) is 22.3. The predicted octanol–water partition coefficient (Wildman–Crippen LogP) is 4.02. The summed E-state index contributed by atoms with van der Waals surface area (Å²) in [5, 5.41) is 11.9. The number of nitrogens with one attached hydrogen (secondary N) is 1. The number of para-hydroxylation sites is 1.